The Morgan fingerprint density at radius 1 is 1.33 bits per heavy atom. The van der Waals surface area contributed by atoms with Crippen LogP contribution in [0.5, 0.6) is 11.5 Å². The summed E-state index contributed by atoms with van der Waals surface area (Å²) in [6.45, 7) is 3.80. The van der Waals surface area contributed by atoms with Crippen LogP contribution in [-0.4, -0.2) is 35.8 Å². The SMILES string of the molecule is CCOc1c(Cl)cc(/C=N\NC(=O)Cc2c(C)[nH]c(=O)[nH]c2=O)cc1OC. The van der Waals surface area contributed by atoms with E-state index in [9.17, 15) is 14.4 Å². The number of hydrogen-bond acceptors (Lipinski definition) is 6. The van der Waals surface area contributed by atoms with Crippen LogP contribution in [0.3, 0.4) is 0 Å². The smallest absolute Gasteiger partial charge is 0.325 e. The molecule has 144 valence electrons. The number of rotatable bonds is 7. The van der Waals surface area contributed by atoms with E-state index in [1.165, 1.54) is 20.2 Å². The second kappa shape index (κ2) is 9.04. The van der Waals surface area contributed by atoms with Gasteiger partial charge in [0.25, 0.3) is 5.56 Å². The number of hydrogen-bond donors (Lipinski definition) is 3. The van der Waals surface area contributed by atoms with Crippen molar-refractivity contribution >= 4 is 23.7 Å². The van der Waals surface area contributed by atoms with Gasteiger partial charge in [0.2, 0.25) is 5.91 Å². The van der Waals surface area contributed by atoms with Gasteiger partial charge in [-0.25, -0.2) is 10.2 Å². The molecule has 10 heteroatoms. The van der Waals surface area contributed by atoms with Gasteiger partial charge in [-0.05, 0) is 31.5 Å². The predicted molar refractivity (Wildman–Crippen MR) is 101 cm³/mol. The molecule has 1 heterocycles. The summed E-state index contributed by atoms with van der Waals surface area (Å²) in [4.78, 5) is 39.4. The minimum atomic E-state index is -0.624. The van der Waals surface area contributed by atoms with Gasteiger partial charge in [0.15, 0.2) is 11.5 Å². The molecule has 0 aliphatic heterocycles. The van der Waals surface area contributed by atoms with Gasteiger partial charge in [0.1, 0.15) is 0 Å². The van der Waals surface area contributed by atoms with Crippen molar-refractivity contribution in [2.45, 2.75) is 20.3 Å². The molecule has 0 bridgehead atoms. The van der Waals surface area contributed by atoms with Crippen LogP contribution in [0.2, 0.25) is 5.02 Å². The molecule has 0 saturated heterocycles. The molecule has 2 rings (SSSR count). The van der Waals surface area contributed by atoms with E-state index < -0.39 is 17.2 Å². The highest BCUT2D eigenvalue weighted by Crippen LogP contribution is 2.35. The van der Waals surface area contributed by atoms with Crippen LogP contribution in [0.1, 0.15) is 23.7 Å². The molecular formula is C17H19ClN4O5. The van der Waals surface area contributed by atoms with Crippen LogP contribution in [0.25, 0.3) is 0 Å². The number of amides is 1. The maximum atomic E-state index is 12.0. The summed E-state index contributed by atoms with van der Waals surface area (Å²) < 4.78 is 10.7. The number of carbonyl (C=O) groups excluding carboxylic acids is 1. The number of aromatic amines is 2. The first kappa shape index (κ1) is 20.2. The number of methoxy groups -OCH3 is 1. The Bertz CT molecular complexity index is 980. The van der Waals surface area contributed by atoms with E-state index in [0.29, 0.717) is 34.4 Å². The lowest BCUT2D eigenvalue weighted by molar-refractivity contribution is -0.120. The Morgan fingerprint density at radius 3 is 2.70 bits per heavy atom. The van der Waals surface area contributed by atoms with Crippen molar-refractivity contribution in [3.8, 4) is 11.5 Å². The van der Waals surface area contributed by atoms with Crippen LogP contribution in [-0.2, 0) is 11.2 Å². The fourth-order valence-corrected chi connectivity index (χ4v) is 2.59. The second-order valence-corrected chi connectivity index (χ2v) is 5.86. The number of aromatic nitrogens is 2. The van der Waals surface area contributed by atoms with E-state index in [0.717, 1.165) is 0 Å². The number of halogens is 1. The minimum Gasteiger partial charge on any atom is -0.493 e. The normalized spacial score (nSPS) is 10.8. The zero-order valence-electron chi connectivity index (χ0n) is 15.0. The first-order chi connectivity index (χ1) is 12.8. The maximum absolute atomic E-state index is 12.0. The van der Waals surface area contributed by atoms with Crippen molar-refractivity contribution in [3.63, 3.8) is 0 Å². The average molecular weight is 395 g/mol. The zero-order valence-corrected chi connectivity index (χ0v) is 15.8. The van der Waals surface area contributed by atoms with Gasteiger partial charge in [-0.15, -0.1) is 0 Å². The fraction of sp³-hybridized carbons (Fsp3) is 0.294. The number of carbonyl (C=O) groups is 1. The highest BCUT2D eigenvalue weighted by atomic mass is 35.5. The lowest BCUT2D eigenvalue weighted by atomic mass is 10.1. The van der Waals surface area contributed by atoms with Gasteiger partial charge in [0, 0.05) is 11.3 Å². The van der Waals surface area contributed by atoms with E-state index in [1.807, 2.05) is 6.92 Å². The van der Waals surface area contributed by atoms with E-state index >= 15 is 0 Å². The fourth-order valence-electron chi connectivity index (χ4n) is 2.32. The lowest BCUT2D eigenvalue weighted by Gasteiger charge is -2.11. The van der Waals surface area contributed by atoms with Crippen LogP contribution >= 0.6 is 11.6 Å². The Morgan fingerprint density at radius 2 is 2.07 bits per heavy atom. The molecule has 1 aromatic carbocycles. The van der Waals surface area contributed by atoms with E-state index in [4.69, 9.17) is 21.1 Å². The summed E-state index contributed by atoms with van der Waals surface area (Å²) in [7, 11) is 1.49. The Labute approximate surface area is 159 Å². The van der Waals surface area contributed by atoms with E-state index in [2.05, 4.69) is 20.5 Å². The molecule has 0 aliphatic rings. The number of ether oxygens (including phenoxy) is 2. The molecule has 0 atom stereocenters. The molecule has 1 aromatic heterocycles. The first-order valence-corrected chi connectivity index (χ1v) is 8.37. The van der Waals surface area contributed by atoms with Gasteiger partial charge in [-0.3, -0.25) is 14.6 Å². The number of aryl methyl sites for hydroxylation is 1. The monoisotopic (exact) mass is 394 g/mol. The van der Waals surface area contributed by atoms with E-state index in [-0.39, 0.29) is 12.0 Å². The number of nitrogens with zero attached hydrogens (tertiary/aromatic N) is 1. The predicted octanol–water partition coefficient (Wildman–Crippen LogP) is 1.13. The van der Waals surface area contributed by atoms with Gasteiger partial charge in [-0.2, -0.15) is 5.10 Å². The minimum absolute atomic E-state index is 0.160. The molecule has 1 amide bonds. The second-order valence-electron chi connectivity index (χ2n) is 5.45. The van der Waals surface area contributed by atoms with Crippen molar-refractivity contribution in [3.05, 3.63) is 54.8 Å². The summed E-state index contributed by atoms with van der Waals surface area (Å²) in [6, 6.07) is 3.27. The van der Waals surface area contributed by atoms with Crippen molar-refractivity contribution < 1.29 is 14.3 Å². The molecule has 0 fully saturated rings. The highest BCUT2D eigenvalue weighted by Gasteiger charge is 2.12. The summed E-state index contributed by atoms with van der Waals surface area (Å²) in [5.41, 5.74) is 2.15. The molecule has 0 saturated carbocycles. The van der Waals surface area contributed by atoms with Gasteiger partial charge in [-0.1, -0.05) is 11.6 Å². The van der Waals surface area contributed by atoms with Crippen LogP contribution in [0, 0.1) is 6.92 Å². The summed E-state index contributed by atoms with van der Waals surface area (Å²) >= 11 is 6.17. The standard InChI is InChI=1S/C17H19ClN4O5/c1-4-27-15-12(18)5-10(6-13(15)26-3)8-19-22-14(23)7-11-9(2)20-17(25)21-16(11)24/h5-6,8H,4,7H2,1-3H3,(H,22,23)(H2,20,21,24,25)/b19-8-. The maximum Gasteiger partial charge on any atom is 0.325 e. The van der Waals surface area contributed by atoms with Gasteiger partial charge >= 0.3 is 5.69 Å². The number of nitrogens with one attached hydrogen (secondary N) is 3. The topological polar surface area (TPSA) is 126 Å². The Kier molecular flexibility index (Phi) is 6.78. The lowest BCUT2D eigenvalue weighted by Crippen LogP contribution is -2.30. The largest absolute Gasteiger partial charge is 0.493 e. The van der Waals surface area contributed by atoms with Crippen molar-refractivity contribution in [1.29, 1.82) is 0 Å². The highest BCUT2D eigenvalue weighted by molar-refractivity contribution is 6.32. The number of benzene rings is 1. The van der Waals surface area contributed by atoms with Crippen LogP contribution in [0.15, 0.2) is 26.8 Å². The van der Waals surface area contributed by atoms with Gasteiger partial charge < -0.3 is 14.5 Å². The van der Waals surface area contributed by atoms with Crippen molar-refractivity contribution in [2.24, 2.45) is 5.10 Å². The molecular weight excluding hydrogens is 376 g/mol. The average Bonchev–Trinajstić information content (AvgIpc) is 2.60. The molecule has 3 N–H and O–H groups in total. The number of hydrazone groups is 1. The third-order valence-corrected chi connectivity index (χ3v) is 3.82. The van der Waals surface area contributed by atoms with Crippen molar-refractivity contribution in [1.82, 2.24) is 15.4 Å². The van der Waals surface area contributed by atoms with Crippen molar-refractivity contribution in [2.75, 3.05) is 13.7 Å². The molecule has 2 aromatic rings. The Hall–Kier alpha value is -3.07. The molecule has 0 aliphatic carbocycles. The van der Waals surface area contributed by atoms with Crippen LogP contribution in [0.4, 0.5) is 0 Å². The summed E-state index contributed by atoms with van der Waals surface area (Å²) in [5, 5.41) is 4.19. The molecule has 0 spiro atoms. The molecule has 0 radical (unpaired) electrons. The summed E-state index contributed by atoms with van der Waals surface area (Å²) in [5.74, 6) is 0.346. The molecule has 9 nitrogen and oxygen atoms in total. The third-order valence-electron chi connectivity index (χ3n) is 3.54. The first-order valence-electron chi connectivity index (χ1n) is 8.00. The Balaban J connectivity index is 2.09. The zero-order chi connectivity index (χ0) is 20.0. The third kappa shape index (κ3) is 5.20. The molecule has 0 unspecified atom stereocenters. The number of H-pyrrole nitrogens is 2. The van der Waals surface area contributed by atoms with Gasteiger partial charge in [0.05, 0.1) is 31.4 Å². The quantitative estimate of drug-likeness (QED) is 0.479. The van der Waals surface area contributed by atoms with E-state index in [1.54, 1.807) is 12.1 Å². The van der Waals surface area contributed by atoms with Crippen LogP contribution < -0.4 is 26.1 Å². The summed E-state index contributed by atoms with van der Waals surface area (Å²) in [6.07, 6.45) is 1.15. The molecule has 27 heavy (non-hydrogen) atoms.